The molecule has 17 nitrogen and oxygen atoms in total. The van der Waals surface area contributed by atoms with Crippen molar-refractivity contribution in [1.82, 2.24) is 30.6 Å². The third kappa shape index (κ3) is 13.8. The average molecular weight is 706 g/mol. The standard InChI is InChI=1S/C27H29N3O5.C5H5N5.H3O4P/c28-22(15-18-7-3-1-4-8-18)25(32)29-23(16-19-9-5-2-6-10-19)26(33)30-24(27(34)35)17-20-11-13-21(31)14-12-20;6-4-3-5(9-1-7-3)10-2-8-4;1-5(2,3)4/h1-14,22-24,31H,15-17,28H2,(H,29,32)(H,30,33)(H,34,35);1-2H,(H3,6,7,8,9,10);(H3,1,2,3,4)/p-3/t22-,23-,24-;;/m0../s1. The van der Waals surface area contributed by atoms with Crippen LogP contribution in [0, 0.1) is 0 Å². The zero-order valence-corrected chi connectivity index (χ0v) is 27.2. The van der Waals surface area contributed by atoms with E-state index in [0.717, 1.165) is 11.1 Å². The van der Waals surface area contributed by atoms with E-state index in [1.54, 1.807) is 12.1 Å². The number of aromatic amines is 1. The molecule has 9 N–H and O–H groups in total. The number of nitrogen functional groups attached to an aromatic ring is 1. The topological polar surface area (TPSA) is 308 Å². The number of aliphatic carboxylic acids is 1. The number of carbonyl (C=O) groups is 3. The molecule has 2 aromatic heterocycles. The van der Waals surface area contributed by atoms with Crippen molar-refractivity contribution >= 4 is 42.6 Å². The van der Waals surface area contributed by atoms with Gasteiger partial charge < -0.3 is 56.5 Å². The predicted octanol–water partition coefficient (Wildman–Crippen LogP) is -1.09. The first-order chi connectivity index (χ1) is 23.7. The molecule has 0 saturated heterocycles. The Hall–Kier alpha value is -5.71. The first kappa shape index (κ1) is 38.7. The number of aromatic nitrogens is 4. The van der Waals surface area contributed by atoms with E-state index >= 15 is 0 Å². The molecule has 5 rings (SSSR count). The van der Waals surface area contributed by atoms with Crippen LogP contribution in [0.3, 0.4) is 0 Å². The number of nitrogens with two attached hydrogens (primary N) is 2. The van der Waals surface area contributed by atoms with Gasteiger partial charge in [0.05, 0.1) is 12.4 Å². The van der Waals surface area contributed by atoms with Crippen LogP contribution in [0.5, 0.6) is 5.75 Å². The van der Waals surface area contributed by atoms with Gasteiger partial charge in [-0.3, -0.25) is 9.59 Å². The third-order valence-electron chi connectivity index (χ3n) is 6.79. The van der Waals surface area contributed by atoms with E-state index in [9.17, 15) is 24.6 Å². The number of carboxylic acid groups (broad SMARTS) is 1. The summed E-state index contributed by atoms with van der Waals surface area (Å²) >= 11 is 0. The number of hydrogen-bond donors (Lipinski definition) is 7. The Morgan fingerprint density at radius 2 is 1.26 bits per heavy atom. The van der Waals surface area contributed by atoms with Crippen molar-refractivity contribution in [2.45, 2.75) is 37.4 Å². The van der Waals surface area contributed by atoms with Crippen LogP contribution < -0.4 is 36.8 Å². The molecule has 3 atom stereocenters. The lowest BCUT2D eigenvalue weighted by molar-refractivity contribution is -0.432. The van der Waals surface area contributed by atoms with Crippen molar-refractivity contribution in [3.63, 3.8) is 0 Å². The molecule has 3 aromatic carbocycles. The van der Waals surface area contributed by atoms with Crippen molar-refractivity contribution < 1.29 is 43.8 Å². The number of anilines is 1. The summed E-state index contributed by atoms with van der Waals surface area (Å²) in [6.07, 6.45) is 3.40. The van der Waals surface area contributed by atoms with Gasteiger partial charge in [0.25, 0.3) is 0 Å². The van der Waals surface area contributed by atoms with Crippen molar-refractivity contribution in [3.8, 4) is 5.75 Å². The van der Waals surface area contributed by atoms with Gasteiger partial charge in [-0.1, -0.05) is 72.8 Å². The molecule has 5 aromatic rings. The summed E-state index contributed by atoms with van der Waals surface area (Å²) in [6, 6.07) is 21.4. The molecule has 0 spiro atoms. The highest BCUT2D eigenvalue weighted by atomic mass is 31.2. The fraction of sp³-hybridized carbons (Fsp3) is 0.188. The summed E-state index contributed by atoms with van der Waals surface area (Å²) in [6.45, 7) is 0. The van der Waals surface area contributed by atoms with E-state index in [1.807, 2.05) is 60.7 Å². The number of H-pyrrole nitrogens is 1. The fourth-order valence-corrected chi connectivity index (χ4v) is 4.42. The van der Waals surface area contributed by atoms with E-state index in [4.69, 9.17) is 30.7 Å². The average Bonchev–Trinajstić information content (AvgIpc) is 3.56. The Kier molecular flexibility index (Phi) is 14.5. The highest BCUT2D eigenvalue weighted by Gasteiger charge is 2.28. The number of rotatable bonds is 11. The van der Waals surface area contributed by atoms with Gasteiger partial charge in [0.1, 0.15) is 29.7 Å². The number of benzene rings is 3. The summed E-state index contributed by atoms with van der Waals surface area (Å²) in [4.78, 5) is 77.9. The van der Waals surface area contributed by atoms with Gasteiger partial charge in [-0.15, -0.1) is 0 Å². The molecule has 0 fully saturated rings. The molecular formula is C32H34N8O9P-3. The smallest absolute Gasteiger partial charge is 0.326 e. The molecule has 0 aliphatic rings. The number of phosphoric acid groups is 1. The highest BCUT2D eigenvalue weighted by Crippen LogP contribution is 2.13. The molecule has 264 valence electrons. The van der Waals surface area contributed by atoms with E-state index in [1.165, 1.54) is 24.8 Å². The van der Waals surface area contributed by atoms with Gasteiger partial charge in [0.15, 0.2) is 11.5 Å². The molecule has 2 amide bonds. The van der Waals surface area contributed by atoms with Crippen LogP contribution in [0.15, 0.2) is 97.6 Å². The lowest BCUT2D eigenvalue weighted by Gasteiger charge is -2.36. The maximum absolute atomic E-state index is 13.2. The number of nitrogens with zero attached hydrogens (tertiary/aromatic N) is 3. The number of phenolic OH excluding ortho intramolecular Hbond substituents is 1. The Labute approximate surface area is 285 Å². The minimum Gasteiger partial charge on any atom is -0.822 e. The van der Waals surface area contributed by atoms with Crippen LogP contribution in [0.4, 0.5) is 5.82 Å². The molecule has 0 radical (unpaired) electrons. The summed E-state index contributed by atoms with van der Waals surface area (Å²) in [5.74, 6) is -1.85. The van der Waals surface area contributed by atoms with Crippen LogP contribution >= 0.6 is 7.82 Å². The molecule has 18 heteroatoms. The van der Waals surface area contributed by atoms with Gasteiger partial charge in [0, 0.05) is 12.8 Å². The number of phenols is 1. The molecule has 0 aliphatic heterocycles. The quantitative estimate of drug-likeness (QED) is 0.0804. The maximum atomic E-state index is 13.2. The van der Waals surface area contributed by atoms with Crippen molar-refractivity contribution in [2.24, 2.45) is 5.73 Å². The van der Waals surface area contributed by atoms with Gasteiger partial charge in [-0.25, -0.2) is 19.7 Å². The van der Waals surface area contributed by atoms with Crippen molar-refractivity contribution in [2.75, 3.05) is 5.73 Å². The number of carbonyl (C=O) groups excluding carboxylic acids is 2. The molecular weight excluding hydrogens is 671 g/mol. The highest BCUT2D eigenvalue weighted by molar-refractivity contribution is 7.40. The summed E-state index contributed by atoms with van der Waals surface area (Å²) in [7, 11) is -5.39. The monoisotopic (exact) mass is 705 g/mol. The maximum Gasteiger partial charge on any atom is 0.326 e. The van der Waals surface area contributed by atoms with Crippen LogP contribution in [0.25, 0.3) is 11.2 Å². The first-order valence-electron chi connectivity index (χ1n) is 14.8. The van der Waals surface area contributed by atoms with E-state index in [-0.39, 0.29) is 18.6 Å². The number of fused-ring (bicyclic) bond motifs is 1. The third-order valence-corrected chi connectivity index (χ3v) is 6.79. The zero-order valence-electron chi connectivity index (χ0n) is 26.3. The predicted molar refractivity (Wildman–Crippen MR) is 175 cm³/mol. The van der Waals surface area contributed by atoms with Gasteiger partial charge in [-0.05, 0) is 35.2 Å². The number of amides is 2. The molecule has 0 aliphatic carbocycles. The number of aromatic hydroxyl groups is 1. The molecule has 50 heavy (non-hydrogen) atoms. The Balaban J connectivity index is 0.000000368. The van der Waals surface area contributed by atoms with E-state index in [2.05, 4.69) is 30.6 Å². The number of nitrogens with one attached hydrogen (secondary N) is 3. The fourth-order valence-electron chi connectivity index (χ4n) is 4.42. The zero-order chi connectivity index (χ0) is 36.7. The summed E-state index contributed by atoms with van der Waals surface area (Å²) < 4.78 is 8.55. The number of hydrogen-bond acceptors (Lipinski definition) is 13. The van der Waals surface area contributed by atoms with Crippen LogP contribution in [-0.2, 0) is 38.2 Å². The Morgan fingerprint density at radius 1 is 0.760 bits per heavy atom. The van der Waals surface area contributed by atoms with Crippen molar-refractivity contribution in [1.29, 1.82) is 0 Å². The second kappa shape index (κ2) is 18.7. The second-order valence-electron chi connectivity index (χ2n) is 10.6. The van der Waals surface area contributed by atoms with E-state index < -0.39 is 43.7 Å². The summed E-state index contributed by atoms with van der Waals surface area (Å²) in [5.41, 5.74) is 15.2. The molecule has 0 saturated carbocycles. The number of carboxylic acids is 1. The van der Waals surface area contributed by atoms with E-state index in [0.29, 0.717) is 29.0 Å². The van der Waals surface area contributed by atoms with Crippen LogP contribution in [-0.4, -0.2) is 66.1 Å². The summed E-state index contributed by atoms with van der Waals surface area (Å²) in [5, 5.41) is 24.4. The SMILES string of the molecule is N[C@@H](Cc1ccccc1)C(=O)N[C@@H](Cc1ccccc1)C(=O)N[C@@H](Cc1ccc(O)cc1)C(=O)O.Nc1ncnc2nc[nH]c12.O=P([O-])([O-])[O-]. The second-order valence-corrected chi connectivity index (χ2v) is 11.5. The minimum absolute atomic E-state index is 0.0148. The normalized spacial score (nSPS) is 12.6. The number of imidazole rings is 1. The Morgan fingerprint density at radius 3 is 1.80 bits per heavy atom. The molecule has 2 heterocycles. The lowest BCUT2D eigenvalue weighted by atomic mass is 10.0. The van der Waals surface area contributed by atoms with Crippen LogP contribution in [0.1, 0.15) is 16.7 Å². The van der Waals surface area contributed by atoms with Gasteiger partial charge in [0.2, 0.25) is 11.8 Å². The van der Waals surface area contributed by atoms with Crippen LogP contribution in [0.2, 0.25) is 0 Å². The minimum atomic E-state index is -5.39. The lowest BCUT2D eigenvalue weighted by Crippen LogP contribution is -2.55. The van der Waals surface area contributed by atoms with Crippen molar-refractivity contribution in [3.05, 3.63) is 114 Å². The van der Waals surface area contributed by atoms with Gasteiger partial charge in [-0.2, -0.15) is 7.82 Å². The first-order valence-corrected chi connectivity index (χ1v) is 16.2. The van der Waals surface area contributed by atoms with Gasteiger partial charge >= 0.3 is 5.97 Å². The largest absolute Gasteiger partial charge is 0.822 e. The Bertz CT molecular complexity index is 1870. The molecule has 0 unspecified atom stereocenters. The molecule has 0 bridgehead atoms.